The Morgan fingerprint density at radius 3 is 2.50 bits per heavy atom. The van der Waals surface area contributed by atoms with Crippen molar-refractivity contribution in [1.82, 2.24) is 24.3 Å². The predicted molar refractivity (Wildman–Crippen MR) is 148 cm³/mol. The molecule has 1 atom stereocenters. The van der Waals surface area contributed by atoms with Crippen molar-refractivity contribution in [1.29, 1.82) is 0 Å². The van der Waals surface area contributed by atoms with E-state index in [1.165, 1.54) is 19.2 Å². The summed E-state index contributed by atoms with van der Waals surface area (Å²) in [6.07, 6.45) is 1.52. The first kappa shape index (κ1) is 27.9. The number of fused-ring (bicyclic) bond motifs is 2. The van der Waals surface area contributed by atoms with Gasteiger partial charge in [-0.15, -0.1) is 0 Å². The Morgan fingerprint density at radius 2 is 1.82 bits per heavy atom. The van der Waals surface area contributed by atoms with Crippen LogP contribution in [-0.2, 0) is 21.2 Å². The Morgan fingerprint density at radius 1 is 1.15 bits per heavy atom. The number of imidazole rings is 1. The van der Waals surface area contributed by atoms with Crippen molar-refractivity contribution in [2.75, 3.05) is 32.4 Å². The highest BCUT2D eigenvalue weighted by Gasteiger charge is 2.38. The summed E-state index contributed by atoms with van der Waals surface area (Å²) in [5.41, 5.74) is 0.833. The quantitative estimate of drug-likeness (QED) is 0.447. The van der Waals surface area contributed by atoms with E-state index in [-0.39, 0.29) is 23.5 Å². The van der Waals surface area contributed by atoms with Crippen LogP contribution in [0.15, 0.2) is 47.5 Å². The van der Waals surface area contributed by atoms with Crippen LogP contribution in [0.1, 0.15) is 24.4 Å². The number of aromatic nitrogens is 2. The second-order valence-corrected chi connectivity index (χ2v) is 12.9. The molecule has 0 saturated carbocycles. The fourth-order valence-corrected chi connectivity index (χ4v) is 7.27. The van der Waals surface area contributed by atoms with Gasteiger partial charge in [0.05, 0.1) is 35.0 Å². The largest absolute Gasteiger partial charge is 0.465 e. The number of carbonyl (C=O) groups is 3. The number of likely N-dealkylation sites (tertiary alicyclic amines) is 1. The normalized spacial score (nSPS) is 16.8. The summed E-state index contributed by atoms with van der Waals surface area (Å²) in [6.45, 7) is 2.65. The second kappa shape index (κ2) is 10.7. The molecule has 0 aliphatic carbocycles. The monoisotopic (exact) mass is 587 g/mol. The molecule has 1 unspecified atom stereocenters. The number of piperidine rings is 1. The summed E-state index contributed by atoms with van der Waals surface area (Å²) in [6, 6.07) is 9.61. The summed E-state index contributed by atoms with van der Waals surface area (Å²) in [5, 5.41) is 11.4. The maximum absolute atomic E-state index is 13.6. The zero-order chi connectivity index (χ0) is 28.8. The van der Waals surface area contributed by atoms with Crippen LogP contribution in [0.5, 0.6) is 0 Å². The minimum Gasteiger partial charge on any atom is -0.465 e. The van der Waals surface area contributed by atoms with Gasteiger partial charge in [-0.05, 0) is 54.8 Å². The molecule has 0 radical (unpaired) electrons. The standard InChI is InChI=1S/C27H30ClN5O6S/c1-17-29-13-23-15-32(26(35)33(17)23)22-7-9-31(10-8-22)25(34)20(14-30(2)27(36)37)16-40(38,39)24-6-4-18-11-21(28)5-3-19(18)12-24/h3-6,11-13,20,22H,7-10,14-16H2,1-2H3,(H,36,37). The maximum atomic E-state index is 13.6. The lowest BCUT2D eigenvalue weighted by Crippen LogP contribution is -2.51. The fourth-order valence-electron chi connectivity index (χ4n) is 5.54. The van der Waals surface area contributed by atoms with Gasteiger partial charge in [-0.2, -0.15) is 0 Å². The number of benzene rings is 2. The van der Waals surface area contributed by atoms with Gasteiger partial charge in [-0.25, -0.2) is 23.0 Å². The van der Waals surface area contributed by atoms with E-state index in [4.69, 9.17) is 11.6 Å². The molecule has 5 rings (SSSR count). The van der Waals surface area contributed by atoms with Gasteiger partial charge >= 0.3 is 12.1 Å². The summed E-state index contributed by atoms with van der Waals surface area (Å²) >= 11 is 6.04. The molecule has 1 saturated heterocycles. The molecule has 13 heteroatoms. The fraction of sp³-hybridized carbons (Fsp3) is 0.407. The van der Waals surface area contributed by atoms with Crippen molar-refractivity contribution in [2.45, 2.75) is 37.2 Å². The number of hydrogen-bond acceptors (Lipinski definition) is 6. The summed E-state index contributed by atoms with van der Waals surface area (Å²) in [7, 11) is -2.63. The summed E-state index contributed by atoms with van der Waals surface area (Å²) in [4.78, 5) is 46.6. The van der Waals surface area contributed by atoms with Crippen LogP contribution in [0, 0.1) is 12.8 Å². The number of rotatable bonds is 7. The Bertz CT molecular complexity index is 1600. The topological polar surface area (TPSA) is 133 Å². The molecule has 0 bridgehead atoms. The molecule has 2 aliphatic rings. The minimum atomic E-state index is -3.94. The molecule has 1 aromatic heterocycles. The van der Waals surface area contributed by atoms with E-state index in [9.17, 15) is 27.9 Å². The van der Waals surface area contributed by atoms with Crippen LogP contribution < -0.4 is 0 Å². The van der Waals surface area contributed by atoms with Crippen LogP contribution in [0.25, 0.3) is 10.8 Å². The Kier molecular flexibility index (Phi) is 7.49. The molecule has 2 aliphatic heterocycles. The van der Waals surface area contributed by atoms with Crippen molar-refractivity contribution in [2.24, 2.45) is 5.92 Å². The predicted octanol–water partition coefficient (Wildman–Crippen LogP) is 3.47. The molecule has 1 fully saturated rings. The third-order valence-electron chi connectivity index (χ3n) is 7.72. The molecule has 40 heavy (non-hydrogen) atoms. The lowest BCUT2D eigenvalue weighted by Gasteiger charge is -2.38. The van der Waals surface area contributed by atoms with E-state index in [1.807, 2.05) is 0 Å². The van der Waals surface area contributed by atoms with Gasteiger partial charge in [0.1, 0.15) is 5.82 Å². The molecule has 2 aromatic carbocycles. The van der Waals surface area contributed by atoms with Gasteiger partial charge in [0.25, 0.3) is 0 Å². The Hall–Kier alpha value is -3.64. The third-order valence-corrected chi connectivity index (χ3v) is 9.77. The van der Waals surface area contributed by atoms with E-state index in [2.05, 4.69) is 4.98 Å². The molecule has 3 aromatic rings. The Labute approximate surface area is 236 Å². The number of amides is 3. The second-order valence-electron chi connectivity index (χ2n) is 10.4. The Balaban J connectivity index is 1.30. The molecule has 11 nitrogen and oxygen atoms in total. The number of carbonyl (C=O) groups excluding carboxylic acids is 2. The molecule has 0 spiro atoms. The van der Waals surface area contributed by atoms with Gasteiger partial charge < -0.3 is 19.8 Å². The smallest absolute Gasteiger partial charge is 0.407 e. The van der Waals surface area contributed by atoms with Crippen molar-refractivity contribution in [3.05, 3.63) is 59.1 Å². The van der Waals surface area contributed by atoms with Crippen molar-refractivity contribution >= 4 is 50.2 Å². The molecule has 1 N–H and O–H groups in total. The highest BCUT2D eigenvalue weighted by molar-refractivity contribution is 7.91. The van der Waals surface area contributed by atoms with Gasteiger partial charge in [0.15, 0.2) is 9.84 Å². The SMILES string of the molecule is Cc1ncc2n1C(=O)N(C1CCN(C(=O)C(CN(C)C(=O)O)CS(=O)(=O)c3ccc4cc(Cl)ccc4c3)CC1)C2. The number of carboxylic acid groups (broad SMARTS) is 1. The van der Waals surface area contributed by atoms with Gasteiger partial charge in [0.2, 0.25) is 5.91 Å². The number of nitrogens with zero attached hydrogens (tertiary/aromatic N) is 5. The van der Waals surface area contributed by atoms with Crippen LogP contribution in [0.3, 0.4) is 0 Å². The minimum absolute atomic E-state index is 0.0537. The van der Waals surface area contributed by atoms with Crippen molar-refractivity contribution in [3.8, 4) is 0 Å². The third kappa shape index (κ3) is 5.37. The first-order valence-corrected chi connectivity index (χ1v) is 15.0. The molecule has 3 heterocycles. The van der Waals surface area contributed by atoms with E-state index in [0.29, 0.717) is 48.7 Å². The average molecular weight is 588 g/mol. The number of sulfone groups is 1. The van der Waals surface area contributed by atoms with Crippen LogP contribution in [0.4, 0.5) is 9.59 Å². The zero-order valence-electron chi connectivity index (χ0n) is 22.2. The lowest BCUT2D eigenvalue weighted by atomic mass is 10.0. The zero-order valence-corrected chi connectivity index (χ0v) is 23.7. The van der Waals surface area contributed by atoms with Crippen LogP contribution in [-0.4, -0.2) is 94.3 Å². The first-order chi connectivity index (χ1) is 18.9. The molecular weight excluding hydrogens is 558 g/mol. The summed E-state index contributed by atoms with van der Waals surface area (Å²) in [5.74, 6) is -1.40. The van der Waals surface area contributed by atoms with Crippen molar-refractivity contribution in [3.63, 3.8) is 0 Å². The number of hydrogen-bond donors (Lipinski definition) is 1. The van der Waals surface area contributed by atoms with Gasteiger partial charge in [-0.1, -0.05) is 23.7 Å². The van der Waals surface area contributed by atoms with E-state index >= 15 is 0 Å². The van der Waals surface area contributed by atoms with E-state index < -0.39 is 33.5 Å². The van der Waals surface area contributed by atoms with Gasteiger partial charge in [-0.3, -0.25) is 9.36 Å². The van der Waals surface area contributed by atoms with Crippen LogP contribution in [0.2, 0.25) is 5.02 Å². The van der Waals surface area contributed by atoms with E-state index in [0.717, 1.165) is 16.0 Å². The maximum Gasteiger partial charge on any atom is 0.407 e. The average Bonchev–Trinajstić information content (AvgIpc) is 3.46. The number of aryl methyl sites for hydroxylation is 1. The first-order valence-electron chi connectivity index (χ1n) is 12.9. The lowest BCUT2D eigenvalue weighted by molar-refractivity contribution is -0.136. The van der Waals surface area contributed by atoms with Gasteiger partial charge in [0, 0.05) is 37.7 Å². The molecular formula is C27H30ClN5O6S. The van der Waals surface area contributed by atoms with Crippen LogP contribution >= 0.6 is 11.6 Å². The molecule has 212 valence electrons. The highest BCUT2D eigenvalue weighted by atomic mass is 35.5. The highest BCUT2D eigenvalue weighted by Crippen LogP contribution is 2.28. The van der Waals surface area contributed by atoms with E-state index in [1.54, 1.807) is 51.8 Å². The van der Waals surface area contributed by atoms with Crippen molar-refractivity contribution < 1.29 is 27.9 Å². The summed E-state index contributed by atoms with van der Waals surface area (Å²) < 4.78 is 28.5. The number of halogens is 1. The molecule has 3 amide bonds.